The molecule has 0 bridgehead atoms. The minimum absolute atomic E-state index is 0.114. The van der Waals surface area contributed by atoms with Crippen molar-refractivity contribution in [3.05, 3.63) is 71.5 Å². The summed E-state index contributed by atoms with van der Waals surface area (Å²) in [6.07, 6.45) is 3.46. The second kappa shape index (κ2) is 5.37. The molecule has 2 aromatic carbocycles. The molecule has 3 heteroatoms. The molecule has 0 saturated heterocycles. The SMILES string of the molecule is Cc1ccc(NC(=O)c2cccc3ccncc23)cc1C. The fraction of sp³-hybridized carbons (Fsp3) is 0.111. The zero-order valence-corrected chi connectivity index (χ0v) is 12.1. The predicted molar refractivity (Wildman–Crippen MR) is 85.6 cm³/mol. The molecule has 0 radical (unpaired) electrons. The normalized spacial score (nSPS) is 10.6. The van der Waals surface area contributed by atoms with Crippen LogP contribution in [-0.4, -0.2) is 10.9 Å². The van der Waals surface area contributed by atoms with Gasteiger partial charge in [-0.2, -0.15) is 0 Å². The van der Waals surface area contributed by atoms with Crippen LogP contribution in [-0.2, 0) is 0 Å². The molecule has 104 valence electrons. The largest absolute Gasteiger partial charge is 0.322 e. The van der Waals surface area contributed by atoms with Gasteiger partial charge in [-0.15, -0.1) is 0 Å². The van der Waals surface area contributed by atoms with E-state index < -0.39 is 0 Å². The van der Waals surface area contributed by atoms with Crippen molar-refractivity contribution in [2.24, 2.45) is 0 Å². The number of pyridine rings is 1. The molecule has 3 aromatic rings. The van der Waals surface area contributed by atoms with Gasteiger partial charge in [-0.1, -0.05) is 18.2 Å². The molecule has 3 rings (SSSR count). The van der Waals surface area contributed by atoms with Gasteiger partial charge < -0.3 is 5.32 Å². The molecule has 0 fully saturated rings. The van der Waals surface area contributed by atoms with Crippen LogP contribution >= 0.6 is 0 Å². The van der Waals surface area contributed by atoms with Gasteiger partial charge in [-0.05, 0) is 54.6 Å². The third kappa shape index (κ3) is 2.63. The van der Waals surface area contributed by atoms with Crippen molar-refractivity contribution in [2.75, 3.05) is 5.32 Å². The maximum absolute atomic E-state index is 12.5. The first kappa shape index (κ1) is 13.3. The third-order valence-electron chi connectivity index (χ3n) is 3.69. The molecule has 0 unspecified atom stereocenters. The van der Waals surface area contributed by atoms with Crippen molar-refractivity contribution < 1.29 is 4.79 Å². The van der Waals surface area contributed by atoms with E-state index in [1.54, 1.807) is 12.4 Å². The minimum atomic E-state index is -0.114. The Morgan fingerprint density at radius 1 is 1.05 bits per heavy atom. The number of carbonyl (C=O) groups excluding carboxylic acids is 1. The number of benzene rings is 2. The maximum Gasteiger partial charge on any atom is 0.256 e. The molecule has 1 N–H and O–H groups in total. The maximum atomic E-state index is 12.5. The Morgan fingerprint density at radius 3 is 2.71 bits per heavy atom. The quantitative estimate of drug-likeness (QED) is 0.765. The lowest BCUT2D eigenvalue weighted by Crippen LogP contribution is -2.12. The first-order valence-corrected chi connectivity index (χ1v) is 6.86. The first-order chi connectivity index (χ1) is 10.1. The summed E-state index contributed by atoms with van der Waals surface area (Å²) in [5.74, 6) is -0.114. The number of aryl methyl sites for hydroxylation is 2. The van der Waals surface area contributed by atoms with Gasteiger partial charge in [0.1, 0.15) is 0 Å². The van der Waals surface area contributed by atoms with Gasteiger partial charge in [-0.25, -0.2) is 0 Å². The third-order valence-corrected chi connectivity index (χ3v) is 3.69. The van der Waals surface area contributed by atoms with Crippen LogP contribution in [0.1, 0.15) is 21.5 Å². The highest BCUT2D eigenvalue weighted by atomic mass is 16.1. The van der Waals surface area contributed by atoms with Gasteiger partial charge >= 0.3 is 0 Å². The van der Waals surface area contributed by atoms with Crippen molar-refractivity contribution in [1.82, 2.24) is 4.98 Å². The van der Waals surface area contributed by atoms with Gasteiger partial charge in [-0.3, -0.25) is 9.78 Å². The van der Waals surface area contributed by atoms with Crippen molar-refractivity contribution >= 4 is 22.4 Å². The highest BCUT2D eigenvalue weighted by molar-refractivity contribution is 6.12. The monoisotopic (exact) mass is 276 g/mol. The highest BCUT2D eigenvalue weighted by Gasteiger charge is 2.10. The molecule has 0 atom stereocenters. The Balaban J connectivity index is 1.95. The summed E-state index contributed by atoms with van der Waals surface area (Å²) >= 11 is 0. The molecule has 1 aromatic heterocycles. The molecule has 0 spiro atoms. The van der Waals surface area contributed by atoms with E-state index in [0.717, 1.165) is 22.0 Å². The van der Waals surface area contributed by atoms with Gasteiger partial charge in [0.25, 0.3) is 5.91 Å². The average molecular weight is 276 g/mol. The molecule has 1 amide bonds. The van der Waals surface area contributed by atoms with E-state index in [-0.39, 0.29) is 5.91 Å². The summed E-state index contributed by atoms with van der Waals surface area (Å²) in [7, 11) is 0. The summed E-state index contributed by atoms with van der Waals surface area (Å²) in [5.41, 5.74) is 3.82. The van der Waals surface area contributed by atoms with Crippen LogP contribution in [0.15, 0.2) is 54.9 Å². The average Bonchev–Trinajstić information content (AvgIpc) is 2.50. The Bertz CT molecular complexity index is 819. The van der Waals surface area contributed by atoms with Crippen LogP contribution in [0.5, 0.6) is 0 Å². The summed E-state index contributed by atoms with van der Waals surface area (Å²) < 4.78 is 0. The lowest BCUT2D eigenvalue weighted by atomic mass is 10.1. The van der Waals surface area contributed by atoms with E-state index in [0.29, 0.717) is 5.56 Å². The highest BCUT2D eigenvalue weighted by Crippen LogP contribution is 2.20. The fourth-order valence-electron chi connectivity index (χ4n) is 2.33. The smallest absolute Gasteiger partial charge is 0.256 e. The Labute approximate surface area is 123 Å². The zero-order chi connectivity index (χ0) is 14.8. The fourth-order valence-corrected chi connectivity index (χ4v) is 2.33. The molecule has 3 nitrogen and oxygen atoms in total. The molecule has 0 aliphatic heterocycles. The topological polar surface area (TPSA) is 42.0 Å². The predicted octanol–water partition coefficient (Wildman–Crippen LogP) is 4.10. The van der Waals surface area contributed by atoms with Crippen molar-refractivity contribution in [2.45, 2.75) is 13.8 Å². The Hall–Kier alpha value is -2.68. The summed E-state index contributed by atoms with van der Waals surface area (Å²) in [4.78, 5) is 16.6. The first-order valence-electron chi connectivity index (χ1n) is 6.86. The van der Waals surface area contributed by atoms with Gasteiger partial charge in [0.2, 0.25) is 0 Å². The number of fused-ring (bicyclic) bond motifs is 1. The van der Waals surface area contributed by atoms with E-state index in [4.69, 9.17) is 0 Å². The number of nitrogens with one attached hydrogen (secondary N) is 1. The van der Waals surface area contributed by atoms with E-state index >= 15 is 0 Å². The zero-order valence-electron chi connectivity index (χ0n) is 12.1. The lowest BCUT2D eigenvalue weighted by Gasteiger charge is -2.09. The van der Waals surface area contributed by atoms with E-state index in [2.05, 4.69) is 17.2 Å². The molecular weight excluding hydrogens is 260 g/mol. The van der Waals surface area contributed by atoms with Crippen LogP contribution in [0.3, 0.4) is 0 Å². The number of anilines is 1. The Morgan fingerprint density at radius 2 is 1.90 bits per heavy atom. The molecule has 1 heterocycles. The van der Waals surface area contributed by atoms with E-state index in [1.807, 2.05) is 49.4 Å². The lowest BCUT2D eigenvalue weighted by molar-refractivity contribution is 0.102. The van der Waals surface area contributed by atoms with E-state index in [1.165, 1.54) is 5.56 Å². The second-order valence-corrected chi connectivity index (χ2v) is 5.16. The molecule has 0 aliphatic rings. The van der Waals surface area contributed by atoms with Crippen molar-refractivity contribution in [3.63, 3.8) is 0 Å². The van der Waals surface area contributed by atoms with Gasteiger partial charge in [0.15, 0.2) is 0 Å². The summed E-state index contributed by atoms with van der Waals surface area (Å²) in [6, 6.07) is 13.5. The number of aromatic nitrogens is 1. The van der Waals surface area contributed by atoms with Gasteiger partial charge in [0.05, 0.1) is 0 Å². The number of amides is 1. The molecule has 21 heavy (non-hydrogen) atoms. The van der Waals surface area contributed by atoms with Crippen LogP contribution in [0, 0.1) is 13.8 Å². The van der Waals surface area contributed by atoms with Crippen molar-refractivity contribution in [3.8, 4) is 0 Å². The number of hydrogen-bond acceptors (Lipinski definition) is 2. The van der Waals surface area contributed by atoms with Crippen LogP contribution in [0.25, 0.3) is 10.8 Å². The number of carbonyl (C=O) groups is 1. The van der Waals surface area contributed by atoms with Gasteiger partial charge in [0, 0.05) is 29.0 Å². The summed E-state index contributed by atoms with van der Waals surface area (Å²) in [5, 5.41) is 4.83. The molecule has 0 aliphatic carbocycles. The van der Waals surface area contributed by atoms with Crippen LogP contribution in [0.4, 0.5) is 5.69 Å². The van der Waals surface area contributed by atoms with Crippen LogP contribution < -0.4 is 5.32 Å². The standard InChI is InChI=1S/C18H16N2O/c1-12-6-7-15(10-13(12)2)20-18(21)16-5-3-4-14-8-9-19-11-17(14)16/h3-11H,1-2H3,(H,20,21). The minimum Gasteiger partial charge on any atom is -0.322 e. The number of nitrogens with zero attached hydrogens (tertiary/aromatic N) is 1. The molecule has 0 saturated carbocycles. The summed E-state index contributed by atoms with van der Waals surface area (Å²) in [6.45, 7) is 4.09. The Kier molecular flexibility index (Phi) is 3.40. The number of hydrogen-bond donors (Lipinski definition) is 1. The molecular formula is C18H16N2O. The van der Waals surface area contributed by atoms with Crippen LogP contribution in [0.2, 0.25) is 0 Å². The van der Waals surface area contributed by atoms with E-state index in [9.17, 15) is 4.79 Å². The number of rotatable bonds is 2. The van der Waals surface area contributed by atoms with Crippen molar-refractivity contribution in [1.29, 1.82) is 0 Å². The second-order valence-electron chi connectivity index (χ2n) is 5.16.